The van der Waals surface area contributed by atoms with E-state index in [1.807, 2.05) is 85.8 Å². The number of nitrogens with zero attached hydrogens (tertiary/aromatic N) is 1. The number of esters is 1. The third-order valence-electron chi connectivity index (χ3n) is 8.64. The number of rotatable bonds is 14. The van der Waals surface area contributed by atoms with Crippen LogP contribution in [-0.2, 0) is 32.5 Å². The standard InChI is InChI=1S/C39H47NO6S/c1-26(2)36(42)35(34(41)24-31-16-10-7-11-17-31)39(43)46-37(33-20-14-9-15-21-33)30(6)40(25-32-18-12-8-13-19-32)47(44,45)38-28(4)22-27(3)23-29(38)5/h7-23,26,30,34-37,41-42H,24-25H2,1-6H3/t30-,34-,35+,36+,37-/m1/s1. The Hall–Kier alpha value is -3.82. The van der Waals surface area contributed by atoms with Crippen LogP contribution in [0.15, 0.2) is 108 Å². The number of aliphatic hydroxyl groups is 2. The summed E-state index contributed by atoms with van der Waals surface area (Å²) in [5.74, 6) is -2.42. The van der Waals surface area contributed by atoms with Gasteiger partial charge in [0.15, 0.2) is 0 Å². The van der Waals surface area contributed by atoms with Gasteiger partial charge in [-0.2, -0.15) is 4.31 Å². The van der Waals surface area contributed by atoms with Gasteiger partial charge in [0.25, 0.3) is 0 Å². The predicted molar refractivity (Wildman–Crippen MR) is 185 cm³/mol. The number of hydrogen-bond acceptors (Lipinski definition) is 6. The van der Waals surface area contributed by atoms with Gasteiger partial charge in [-0.3, -0.25) is 4.79 Å². The van der Waals surface area contributed by atoms with Crippen molar-refractivity contribution in [1.82, 2.24) is 4.31 Å². The van der Waals surface area contributed by atoms with E-state index in [0.29, 0.717) is 16.7 Å². The van der Waals surface area contributed by atoms with Crippen LogP contribution in [0.1, 0.15) is 60.3 Å². The number of benzene rings is 4. The molecule has 0 unspecified atom stereocenters. The van der Waals surface area contributed by atoms with Gasteiger partial charge in [0.2, 0.25) is 10.0 Å². The first-order chi connectivity index (χ1) is 22.3. The number of carbonyl (C=O) groups is 1. The highest BCUT2D eigenvalue weighted by Crippen LogP contribution is 2.35. The SMILES string of the molecule is Cc1cc(C)c(S(=O)(=O)N(Cc2ccccc2)[C@H](C)[C@@H](OC(=O)[C@@H]([C@H](O)Cc2ccccc2)[C@@H](O)C(C)C)c2ccccc2)c(C)c1. The van der Waals surface area contributed by atoms with E-state index in [1.54, 1.807) is 58.9 Å². The minimum Gasteiger partial charge on any atom is -0.455 e. The predicted octanol–water partition coefficient (Wildman–Crippen LogP) is 6.71. The van der Waals surface area contributed by atoms with E-state index in [9.17, 15) is 23.4 Å². The molecular formula is C39H47NO6S. The quantitative estimate of drug-likeness (QED) is 0.146. The van der Waals surface area contributed by atoms with Gasteiger partial charge in [0.05, 0.1) is 23.1 Å². The highest BCUT2D eigenvalue weighted by molar-refractivity contribution is 7.89. The number of carbonyl (C=O) groups excluding carboxylic acids is 1. The van der Waals surface area contributed by atoms with Crippen LogP contribution in [0.2, 0.25) is 0 Å². The lowest BCUT2D eigenvalue weighted by Crippen LogP contribution is -2.46. The molecule has 0 radical (unpaired) electrons. The van der Waals surface area contributed by atoms with Crippen molar-refractivity contribution in [2.24, 2.45) is 11.8 Å². The Kier molecular flexibility index (Phi) is 12.1. The van der Waals surface area contributed by atoms with E-state index in [-0.39, 0.29) is 23.8 Å². The Labute approximate surface area is 279 Å². The lowest BCUT2D eigenvalue weighted by atomic mass is 9.86. The first-order valence-corrected chi connectivity index (χ1v) is 17.5. The summed E-state index contributed by atoms with van der Waals surface area (Å²) in [6, 6.07) is 30.4. The van der Waals surface area contributed by atoms with Gasteiger partial charge in [-0.05, 0) is 67.9 Å². The Bertz CT molecular complexity index is 1690. The van der Waals surface area contributed by atoms with Crippen molar-refractivity contribution in [2.45, 2.75) is 83.8 Å². The largest absolute Gasteiger partial charge is 0.455 e. The summed E-state index contributed by atoms with van der Waals surface area (Å²) in [7, 11) is -4.13. The van der Waals surface area contributed by atoms with Crippen molar-refractivity contribution in [3.8, 4) is 0 Å². The van der Waals surface area contributed by atoms with Crippen LogP contribution < -0.4 is 0 Å². The van der Waals surface area contributed by atoms with Gasteiger partial charge in [-0.15, -0.1) is 0 Å². The van der Waals surface area contributed by atoms with E-state index >= 15 is 0 Å². The highest BCUT2D eigenvalue weighted by Gasteiger charge is 2.42. The monoisotopic (exact) mass is 657 g/mol. The van der Waals surface area contributed by atoms with Gasteiger partial charge in [0, 0.05) is 6.54 Å². The number of hydrogen-bond donors (Lipinski definition) is 2. The Morgan fingerprint density at radius 2 is 1.26 bits per heavy atom. The second-order valence-electron chi connectivity index (χ2n) is 12.8. The molecule has 4 aromatic rings. The minimum absolute atomic E-state index is 0.0344. The molecule has 250 valence electrons. The second kappa shape index (κ2) is 15.8. The van der Waals surface area contributed by atoms with Crippen molar-refractivity contribution >= 4 is 16.0 Å². The highest BCUT2D eigenvalue weighted by atomic mass is 32.2. The Morgan fingerprint density at radius 3 is 1.77 bits per heavy atom. The van der Waals surface area contributed by atoms with E-state index in [0.717, 1.165) is 16.7 Å². The van der Waals surface area contributed by atoms with E-state index in [1.165, 1.54) is 4.31 Å². The molecule has 0 saturated heterocycles. The Morgan fingerprint density at radius 1 is 0.766 bits per heavy atom. The third kappa shape index (κ3) is 8.76. The molecule has 47 heavy (non-hydrogen) atoms. The normalized spacial score (nSPS) is 15.2. The van der Waals surface area contributed by atoms with Crippen LogP contribution in [0, 0.1) is 32.6 Å². The van der Waals surface area contributed by atoms with Crippen molar-refractivity contribution in [3.63, 3.8) is 0 Å². The van der Waals surface area contributed by atoms with Crippen molar-refractivity contribution in [1.29, 1.82) is 0 Å². The van der Waals surface area contributed by atoms with E-state index in [4.69, 9.17) is 4.74 Å². The average Bonchev–Trinajstić information content (AvgIpc) is 3.03. The molecule has 0 fully saturated rings. The topological polar surface area (TPSA) is 104 Å². The number of aliphatic hydroxyl groups excluding tert-OH is 2. The molecule has 0 bridgehead atoms. The first kappa shape index (κ1) is 36.0. The summed E-state index contributed by atoms with van der Waals surface area (Å²) in [4.78, 5) is 14.4. The molecular weight excluding hydrogens is 610 g/mol. The smallest absolute Gasteiger partial charge is 0.314 e. The summed E-state index contributed by atoms with van der Waals surface area (Å²) in [5, 5.41) is 22.6. The molecule has 0 aliphatic carbocycles. The van der Waals surface area contributed by atoms with Gasteiger partial charge in [0.1, 0.15) is 12.0 Å². The molecule has 0 spiro atoms. The molecule has 0 aliphatic rings. The van der Waals surface area contributed by atoms with Crippen molar-refractivity contribution in [3.05, 3.63) is 137 Å². The summed E-state index contributed by atoms with van der Waals surface area (Å²) in [5.41, 5.74) is 4.40. The zero-order valence-electron chi connectivity index (χ0n) is 28.1. The molecule has 4 rings (SSSR count). The average molecular weight is 658 g/mol. The van der Waals surface area contributed by atoms with E-state index < -0.39 is 46.3 Å². The summed E-state index contributed by atoms with van der Waals surface area (Å²) >= 11 is 0. The maximum Gasteiger partial charge on any atom is 0.314 e. The first-order valence-electron chi connectivity index (χ1n) is 16.1. The Balaban J connectivity index is 1.79. The van der Waals surface area contributed by atoms with Crippen LogP contribution in [0.25, 0.3) is 0 Å². The lowest BCUT2D eigenvalue weighted by Gasteiger charge is -2.36. The lowest BCUT2D eigenvalue weighted by molar-refractivity contribution is -0.168. The number of aryl methyl sites for hydroxylation is 3. The molecule has 0 amide bonds. The molecule has 5 atom stereocenters. The molecule has 4 aromatic carbocycles. The molecule has 0 aliphatic heterocycles. The zero-order chi connectivity index (χ0) is 34.3. The second-order valence-corrected chi connectivity index (χ2v) is 14.6. The van der Waals surface area contributed by atoms with Gasteiger partial charge < -0.3 is 14.9 Å². The molecule has 0 saturated carbocycles. The fourth-order valence-electron chi connectivity index (χ4n) is 6.27. The minimum atomic E-state index is -4.13. The van der Waals surface area contributed by atoms with Crippen LogP contribution >= 0.6 is 0 Å². The number of ether oxygens (including phenoxy) is 1. The number of sulfonamides is 1. The molecule has 7 nitrogen and oxygen atoms in total. The molecule has 0 heterocycles. The fraction of sp³-hybridized carbons (Fsp3) is 0.359. The van der Waals surface area contributed by atoms with Crippen LogP contribution in [0.4, 0.5) is 0 Å². The van der Waals surface area contributed by atoms with Crippen LogP contribution in [0.3, 0.4) is 0 Å². The molecule has 0 aromatic heterocycles. The summed E-state index contributed by atoms with van der Waals surface area (Å²) in [6.45, 7) is 10.8. The maximum absolute atomic E-state index is 14.7. The van der Waals surface area contributed by atoms with Crippen LogP contribution in [-0.4, -0.2) is 47.2 Å². The van der Waals surface area contributed by atoms with Gasteiger partial charge >= 0.3 is 5.97 Å². The fourth-order valence-corrected chi connectivity index (χ4v) is 8.30. The maximum atomic E-state index is 14.7. The van der Waals surface area contributed by atoms with Gasteiger partial charge in [-0.1, -0.05) is 123 Å². The summed E-state index contributed by atoms with van der Waals surface area (Å²) in [6.07, 6.45) is -3.36. The summed E-state index contributed by atoms with van der Waals surface area (Å²) < 4.78 is 37.1. The zero-order valence-corrected chi connectivity index (χ0v) is 28.9. The van der Waals surface area contributed by atoms with Crippen molar-refractivity contribution in [2.75, 3.05) is 0 Å². The van der Waals surface area contributed by atoms with Crippen LogP contribution in [0.5, 0.6) is 0 Å². The van der Waals surface area contributed by atoms with Crippen molar-refractivity contribution < 1.29 is 28.2 Å². The molecule has 2 N–H and O–H groups in total. The van der Waals surface area contributed by atoms with Gasteiger partial charge in [-0.25, -0.2) is 8.42 Å². The van der Waals surface area contributed by atoms with E-state index in [2.05, 4.69) is 0 Å². The third-order valence-corrected chi connectivity index (χ3v) is 10.9. The molecule has 8 heteroatoms.